The molecule has 0 aromatic rings. The number of rotatable bonds is 18. The average Bonchev–Trinajstić information content (AvgIpc) is 3.09. The Kier molecular flexibility index (Phi) is 60.4. The van der Waals surface area contributed by atoms with Crippen LogP contribution in [-0.2, 0) is 72.1 Å². The summed E-state index contributed by atoms with van der Waals surface area (Å²) in [5.41, 5.74) is -6.95. The zero-order valence-corrected chi connectivity index (χ0v) is 69.8. The third kappa shape index (κ3) is 98.1. The average molecular weight is 1640 g/mol. The molecule has 0 aromatic heterocycles. The van der Waals surface area contributed by atoms with Crippen LogP contribution in [0.5, 0.6) is 0 Å². The van der Waals surface area contributed by atoms with Crippen molar-refractivity contribution >= 4 is 36.2 Å². The van der Waals surface area contributed by atoms with Gasteiger partial charge in [0.25, 0.3) is 0 Å². The molecule has 0 aromatic carbocycles. The van der Waals surface area contributed by atoms with Crippen LogP contribution in [0.1, 0.15) is 249 Å². The van der Waals surface area contributed by atoms with Crippen molar-refractivity contribution in [2.75, 3.05) is 69.1 Å². The summed E-state index contributed by atoms with van der Waals surface area (Å²) >= 11 is 0. The maximum absolute atomic E-state index is 12.6. The van der Waals surface area contributed by atoms with E-state index in [2.05, 4.69) is 18.9 Å². The fourth-order valence-electron chi connectivity index (χ4n) is 5.08. The van der Waals surface area contributed by atoms with Crippen LogP contribution in [0.25, 0.3) is 0 Å². The van der Waals surface area contributed by atoms with Crippen LogP contribution in [0.2, 0.25) is 0 Å². The van der Waals surface area contributed by atoms with E-state index < -0.39 is 103 Å². The molecule has 86 heavy (non-hydrogen) atoms. The Bertz CT molecular complexity index is 1180. The Labute approximate surface area is 610 Å². The molecular weight excluding hydrogens is 1510 g/mol. The second-order valence-corrected chi connectivity index (χ2v) is 37.0. The summed E-state index contributed by atoms with van der Waals surface area (Å²) in [6, 6.07) is 0. The summed E-state index contributed by atoms with van der Waals surface area (Å²) in [7, 11) is -7.52. The van der Waals surface area contributed by atoms with Crippen LogP contribution in [0, 0.1) is 93.8 Å². The van der Waals surface area contributed by atoms with Gasteiger partial charge >= 0.3 is 130 Å². The predicted molar refractivity (Wildman–Crippen MR) is 332 cm³/mol. The van der Waals surface area contributed by atoms with Gasteiger partial charge in [0.1, 0.15) is 0 Å². The summed E-state index contributed by atoms with van der Waals surface area (Å²) in [5, 5.41) is 16.5. The van der Waals surface area contributed by atoms with Crippen LogP contribution in [0.15, 0.2) is 0 Å². The second-order valence-electron chi connectivity index (χ2n) is 30.5. The molecule has 0 aliphatic carbocycles. The quantitative estimate of drug-likeness (QED) is 0.0952. The first-order chi connectivity index (χ1) is 36.3. The molecule has 0 bridgehead atoms. The molecular formula is C58H134O22Si4Yb2. The second kappa shape index (κ2) is 47.1. The normalized spacial score (nSPS) is 13.4. The molecule has 0 heterocycles. The van der Waals surface area contributed by atoms with Gasteiger partial charge in [0.2, 0.25) is 0 Å². The molecule has 28 heteroatoms. The largest absolute Gasteiger partial charge is 3.00 e. The molecule has 0 fully saturated rings. The Morgan fingerprint density at radius 3 is 0.279 bits per heavy atom. The molecule has 0 aliphatic rings. The Morgan fingerprint density at radius 2 is 0.244 bits per heavy atom. The van der Waals surface area contributed by atoms with Crippen molar-refractivity contribution in [1.29, 1.82) is 0 Å². The van der Waals surface area contributed by atoms with Gasteiger partial charge in [-0.2, -0.15) is 14.2 Å². The first-order valence-corrected chi connectivity index (χ1v) is 34.9. The van der Waals surface area contributed by atoms with Crippen molar-refractivity contribution in [3.8, 4) is 0 Å². The SMILES string of the molecule is CC(C)(C)O[Si]([O-])(OC(C)(C)C)OC(C)(C)C.CC(C)(C)O[Si]([O-])(OC(C)(C)C)OC(C)(C)C.CC(C)(C)O[Si]([O-])(OC(C)(C)C)OC(C)(C)C.CC(C)(C)O[Si]([O-])(OC(C)(C)C)OC(C)(C)C.COCCOC.COCCOC.C[O-].C[O-].[Yb+3].[Yb+3]. The van der Waals surface area contributed by atoms with Crippen molar-refractivity contribution in [1.82, 2.24) is 0 Å². The van der Waals surface area contributed by atoms with E-state index in [4.69, 9.17) is 63.3 Å². The fraction of sp³-hybridized carbons (Fsp3) is 1.00. The number of hydrogen-bond acceptors (Lipinski definition) is 22. The minimum absolute atomic E-state index is 0. The monoisotopic (exact) mass is 1640 g/mol. The first-order valence-electron chi connectivity index (χ1n) is 28.3. The Hall–Kier alpha value is 3.03. The van der Waals surface area contributed by atoms with Gasteiger partial charge in [-0.15, -0.1) is 0 Å². The van der Waals surface area contributed by atoms with Crippen molar-refractivity contribution in [2.24, 2.45) is 0 Å². The van der Waals surface area contributed by atoms with Crippen molar-refractivity contribution in [3.63, 3.8) is 0 Å². The van der Waals surface area contributed by atoms with Gasteiger partial charge in [-0.3, -0.25) is 0 Å². The summed E-state index contributed by atoms with van der Waals surface area (Å²) < 4.78 is 84.8. The third-order valence-electron chi connectivity index (χ3n) is 6.16. The number of hydrogen-bond donors (Lipinski definition) is 0. The maximum Gasteiger partial charge on any atom is 3.00 e. The molecule has 0 amide bonds. The fourth-order valence-corrected chi connectivity index (χ4v) is 14.6. The van der Waals surface area contributed by atoms with Gasteiger partial charge in [-0.1, -0.05) is 0 Å². The van der Waals surface area contributed by atoms with Crippen LogP contribution in [0.3, 0.4) is 0 Å². The molecule has 2 radical (unpaired) electrons. The van der Waals surface area contributed by atoms with Gasteiger partial charge in [0.15, 0.2) is 0 Å². The minimum atomic E-state index is -3.91. The Morgan fingerprint density at radius 1 is 0.186 bits per heavy atom. The van der Waals surface area contributed by atoms with E-state index in [1.54, 1.807) is 28.4 Å². The molecule has 22 nitrogen and oxygen atoms in total. The van der Waals surface area contributed by atoms with E-state index >= 15 is 0 Å². The number of ether oxygens (including phenoxy) is 4. The van der Waals surface area contributed by atoms with E-state index in [-0.39, 0.29) is 93.8 Å². The molecule has 0 rings (SSSR count). The summed E-state index contributed by atoms with van der Waals surface area (Å²) in [4.78, 5) is 50.5. The van der Waals surface area contributed by atoms with E-state index in [1.807, 2.05) is 249 Å². The molecule has 0 saturated heterocycles. The molecule has 0 atom stereocenters. The van der Waals surface area contributed by atoms with Gasteiger partial charge in [0.05, 0.1) is 93.6 Å². The van der Waals surface area contributed by atoms with Gasteiger partial charge in [-0.05, 0) is 249 Å². The third-order valence-corrected chi connectivity index (χ3v) is 16.5. The Balaban J connectivity index is -0.000000102. The van der Waals surface area contributed by atoms with E-state index in [0.717, 1.165) is 14.2 Å². The summed E-state index contributed by atoms with van der Waals surface area (Å²) in [6.07, 6.45) is 0. The standard InChI is InChI=1S/4C12H27O4Si.2C4H10O2.2CH3O.2Yb/c4*1-10(2,3)14-17(13,15-11(4,5)6)16-12(7,8)9;2*1-5-3-4-6-2;2*1-2;;/h4*1-9H3;2*3-4H2,1-2H3;2*1H3;;/q4*-1;;;2*-1;2*+3. The molecule has 0 spiro atoms. The van der Waals surface area contributed by atoms with Crippen LogP contribution < -0.4 is 29.4 Å². The van der Waals surface area contributed by atoms with Gasteiger partial charge < -0.3 is 101 Å². The maximum atomic E-state index is 12.6. The van der Waals surface area contributed by atoms with Crippen molar-refractivity contribution < 1.29 is 195 Å². The number of methoxy groups -OCH3 is 4. The minimum Gasteiger partial charge on any atom is -0.857 e. The summed E-state index contributed by atoms with van der Waals surface area (Å²) in [6.45, 7) is 68.4. The van der Waals surface area contributed by atoms with Crippen molar-refractivity contribution in [3.05, 3.63) is 0 Å². The molecule has 0 aliphatic heterocycles. The van der Waals surface area contributed by atoms with Gasteiger partial charge in [-0.25, -0.2) is 0 Å². The predicted octanol–water partition coefficient (Wildman–Crippen LogP) is 7.42. The first kappa shape index (κ1) is 110. The van der Waals surface area contributed by atoms with E-state index in [1.165, 1.54) is 0 Å². The summed E-state index contributed by atoms with van der Waals surface area (Å²) in [5.74, 6) is 0. The van der Waals surface area contributed by atoms with Crippen LogP contribution >= 0.6 is 0 Å². The van der Waals surface area contributed by atoms with E-state index in [0.29, 0.717) is 26.4 Å². The topological polar surface area (TPSA) is 286 Å². The van der Waals surface area contributed by atoms with Crippen LogP contribution in [0.4, 0.5) is 0 Å². The molecule has 542 valence electrons. The molecule has 0 unspecified atom stereocenters. The van der Waals surface area contributed by atoms with Crippen LogP contribution in [-0.4, -0.2) is 172 Å². The molecule has 0 saturated carbocycles. The zero-order valence-electron chi connectivity index (χ0n) is 62.3. The van der Waals surface area contributed by atoms with E-state index in [9.17, 15) is 19.2 Å². The van der Waals surface area contributed by atoms with Gasteiger partial charge in [0, 0.05) is 28.4 Å². The van der Waals surface area contributed by atoms with Crippen molar-refractivity contribution in [2.45, 2.75) is 316 Å². The molecule has 0 N–H and O–H groups in total. The zero-order chi connectivity index (χ0) is 70.1. The smallest absolute Gasteiger partial charge is 0.857 e.